The Bertz CT molecular complexity index is 1200. The van der Waals surface area contributed by atoms with Crippen molar-refractivity contribution in [3.05, 3.63) is 70.7 Å². The number of fused-ring (bicyclic) bond motifs is 3. The van der Waals surface area contributed by atoms with E-state index < -0.39 is 24.0 Å². The van der Waals surface area contributed by atoms with Crippen LogP contribution in [0.4, 0.5) is 9.93 Å². The number of thioether (sulfide) groups is 1. The molecular formula is C23H19N3O5S2. The summed E-state index contributed by atoms with van der Waals surface area (Å²) in [4.78, 5) is 41.8. The first-order chi connectivity index (χ1) is 16.0. The van der Waals surface area contributed by atoms with Crippen molar-refractivity contribution in [2.24, 2.45) is 0 Å². The number of hydrogen-bond donors (Lipinski definition) is 2. The molecule has 3 aromatic rings. The number of aromatic nitrogens is 1. The Morgan fingerprint density at radius 2 is 1.76 bits per heavy atom. The molecule has 5 rings (SSSR count). The molecule has 2 aliphatic rings. The van der Waals surface area contributed by atoms with Crippen molar-refractivity contribution >= 4 is 46.2 Å². The monoisotopic (exact) mass is 481 g/mol. The number of ether oxygens (including phenoxy) is 1. The summed E-state index contributed by atoms with van der Waals surface area (Å²) in [6.45, 7) is 0.169. The molecule has 1 atom stereocenters. The molecule has 2 amide bonds. The number of anilines is 1. The van der Waals surface area contributed by atoms with Gasteiger partial charge < -0.3 is 14.7 Å². The van der Waals surface area contributed by atoms with Crippen molar-refractivity contribution in [3.63, 3.8) is 0 Å². The van der Waals surface area contributed by atoms with E-state index >= 15 is 0 Å². The third-order valence-corrected chi connectivity index (χ3v) is 7.47. The summed E-state index contributed by atoms with van der Waals surface area (Å²) in [6, 6.07) is 15.3. The predicted octanol–water partition coefficient (Wildman–Crippen LogP) is 4.10. The first kappa shape index (κ1) is 21.5. The Balaban J connectivity index is 1.23. The predicted molar refractivity (Wildman–Crippen MR) is 126 cm³/mol. The number of carbonyl (C=O) groups is 3. The lowest BCUT2D eigenvalue weighted by molar-refractivity contribution is -0.140. The molecule has 0 spiro atoms. The molecule has 0 radical (unpaired) electrons. The molecule has 2 heterocycles. The van der Waals surface area contributed by atoms with Crippen LogP contribution in [-0.2, 0) is 9.53 Å². The number of hydrogen-bond acceptors (Lipinski definition) is 7. The van der Waals surface area contributed by atoms with Crippen LogP contribution in [0, 0.1) is 0 Å². The van der Waals surface area contributed by atoms with E-state index in [4.69, 9.17) is 4.74 Å². The highest BCUT2D eigenvalue weighted by Crippen LogP contribution is 2.44. The molecule has 1 aromatic heterocycles. The number of carboxylic acid groups (broad SMARTS) is 1. The van der Waals surface area contributed by atoms with Gasteiger partial charge in [-0.15, -0.1) is 23.1 Å². The van der Waals surface area contributed by atoms with Crippen molar-refractivity contribution < 1.29 is 24.2 Å². The fourth-order valence-corrected chi connectivity index (χ4v) is 5.96. The van der Waals surface area contributed by atoms with Gasteiger partial charge in [-0.2, -0.15) is 0 Å². The van der Waals surface area contributed by atoms with Crippen LogP contribution >= 0.6 is 23.1 Å². The van der Waals surface area contributed by atoms with Gasteiger partial charge in [0.1, 0.15) is 18.3 Å². The standard InChI is InChI=1S/C23H19N3O5S2/c27-20(26-12-32-11-19(26)21(28)29)18-10-33-22(24-18)25-23(30)31-9-17-15-7-3-1-5-13(15)14-6-2-4-8-16(14)17/h1-8,10,17,19H,9,11-12H2,(H,28,29)(H,24,25,30)/t19-/m0/s1. The van der Waals surface area contributed by atoms with Gasteiger partial charge in [0.25, 0.3) is 5.91 Å². The van der Waals surface area contributed by atoms with Crippen molar-refractivity contribution in [2.45, 2.75) is 12.0 Å². The Kier molecular flexibility index (Phi) is 5.77. The molecule has 2 aromatic carbocycles. The van der Waals surface area contributed by atoms with Crippen LogP contribution in [0.2, 0.25) is 0 Å². The smallest absolute Gasteiger partial charge is 0.413 e. The van der Waals surface area contributed by atoms with Crippen LogP contribution in [-0.4, -0.2) is 57.2 Å². The van der Waals surface area contributed by atoms with Crippen molar-refractivity contribution in [2.75, 3.05) is 23.6 Å². The van der Waals surface area contributed by atoms with Gasteiger partial charge in [-0.25, -0.2) is 14.6 Å². The maximum absolute atomic E-state index is 12.6. The lowest BCUT2D eigenvalue weighted by Crippen LogP contribution is -2.41. The second kappa shape index (κ2) is 8.87. The van der Waals surface area contributed by atoms with Gasteiger partial charge in [-0.1, -0.05) is 48.5 Å². The van der Waals surface area contributed by atoms with E-state index in [2.05, 4.69) is 22.4 Å². The van der Waals surface area contributed by atoms with Gasteiger partial charge in [0.2, 0.25) is 0 Å². The number of nitrogens with zero attached hydrogens (tertiary/aromatic N) is 2. The highest BCUT2D eigenvalue weighted by molar-refractivity contribution is 7.99. The summed E-state index contributed by atoms with van der Waals surface area (Å²) in [7, 11) is 0. The highest BCUT2D eigenvalue weighted by atomic mass is 32.2. The summed E-state index contributed by atoms with van der Waals surface area (Å²) < 4.78 is 5.50. The minimum absolute atomic E-state index is 0.0581. The van der Waals surface area contributed by atoms with E-state index in [9.17, 15) is 19.5 Å². The van der Waals surface area contributed by atoms with Crippen LogP contribution in [0.1, 0.15) is 27.5 Å². The van der Waals surface area contributed by atoms with E-state index in [1.807, 2.05) is 36.4 Å². The number of amides is 2. The molecule has 2 N–H and O–H groups in total. The number of thiazole rings is 1. The SMILES string of the molecule is O=C(Nc1nc(C(=O)N2CSC[C@H]2C(=O)O)cs1)OCC1c2ccccc2-c2ccccc21. The zero-order chi connectivity index (χ0) is 22.9. The molecule has 1 fully saturated rings. The fraction of sp³-hybridized carbons (Fsp3) is 0.217. The largest absolute Gasteiger partial charge is 0.480 e. The summed E-state index contributed by atoms with van der Waals surface area (Å²) in [5.41, 5.74) is 4.62. The van der Waals surface area contributed by atoms with Crippen molar-refractivity contribution in [3.8, 4) is 11.1 Å². The minimum Gasteiger partial charge on any atom is -0.480 e. The van der Waals surface area contributed by atoms with Crippen molar-refractivity contribution in [1.29, 1.82) is 0 Å². The van der Waals surface area contributed by atoms with Crippen molar-refractivity contribution in [1.82, 2.24) is 9.88 Å². The maximum Gasteiger partial charge on any atom is 0.413 e. The third-order valence-electron chi connectivity index (χ3n) is 5.70. The molecule has 1 saturated heterocycles. The van der Waals surface area contributed by atoms with E-state index in [0.717, 1.165) is 33.6 Å². The van der Waals surface area contributed by atoms with Gasteiger partial charge in [-0.05, 0) is 22.3 Å². The minimum atomic E-state index is -1.04. The van der Waals surface area contributed by atoms with E-state index in [1.54, 1.807) is 0 Å². The van der Waals surface area contributed by atoms with Crippen LogP contribution in [0.5, 0.6) is 0 Å². The van der Waals surface area contributed by atoms with Gasteiger partial charge in [0.15, 0.2) is 5.13 Å². The second-order valence-corrected chi connectivity index (χ2v) is 9.48. The second-order valence-electron chi connectivity index (χ2n) is 7.62. The summed E-state index contributed by atoms with van der Waals surface area (Å²) in [6.07, 6.45) is -0.662. The first-order valence-electron chi connectivity index (χ1n) is 10.2. The zero-order valence-electron chi connectivity index (χ0n) is 17.3. The number of benzene rings is 2. The third kappa shape index (κ3) is 4.07. The molecule has 1 aliphatic carbocycles. The highest BCUT2D eigenvalue weighted by Gasteiger charge is 2.36. The zero-order valence-corrected chi connectivity index (χ0v) is 18.9. The molecule has 168 valence electrons. The Morgan fingerprint density at radius 3 is 2.42 bits per heavy atom. The van der Waals surface area contributed by atoms with E-state index in [1.165, 1.54) is 22.0 Å². The molecule has 0 unspecified atom stereocenters. The lowest BCUT2D eigenvalue weighted by Gasteiger charge is -2.19. The number of carbonyl (C=O) groups excluding carboxylic acids is 2. The van der Waals surface area contributed by atoms with Crippen LogP contribution in [0.15, 0.2) is 53.9 Å². The maximum atomic E-state index is 12.6. The van der Waals surface area contributed by atoms with Crippen LogP contribution < -0.4 is 5.32 Å². The quantitative estimate of drug-likeness (QED) is 0.565. The molecule has 1 aliphatic heterocycles. The van der Waals surface area contributed by atoms with Crippen LogP contribution in [0.3, 0.4) is 0 Å². The van der Waals surface area contributed by atoms with E-state index in [-0.39, 0.29) is 23.4 Å². The molecule has 10 heteroatoms. The number of nitrogens with one attached hydrogen (secondary N) is 1. The van der Waals surface area contributed by atoms with Gasteiger partial charge in [0.05, 0.1) is 5.88 Å². The molecule has 33 heavy (non-hydrogen) atoms. The Morgan fingerprint density at radius 1 is 1.09 bits per heavy atom. The average molecular weight is 482 g/mol. The van der Waals surface area contributed by atoms with Crippen LogP contribution in [0.25, 0.3) is 11.1 Å². The molecule has 0 bridgehead atoms. The summed E-state index contributed by atoms with van der Waals surface area (Å²) >= 11 is 2.46. The summed E-state index contributed by atoms with van der Waals surface area (Å²) in [5, 5.41) is 13.6. The molecule has 8 nitrogen and oxygen atoms in total. The Hall–Kier alpha value is -3.37. The topological polar surface area (TPSA) is 109 Å². The van der Waals surface area contributed by atoms with Gasteiger partial charge in [-0.3, -0.25) is 10.1 Å². The fourth-order valence-electron chi connectivity index (χ4n) is 4.15. The van der Waals surface area contributed by atoms with Gasteiger partial charge in [0, 0.05) is 17.1 Å². The number of rotatable bonds is 5. The normalized spacial score (nSPS) is 16.8. The number of aliphatic carboxylic acids is 1. The lowest BCUT2D eigenvalue weighted by atomic mass is 9.98. The summed E-state index contributed by atoms with van der Waals surface area (Å²) in [5.74, 6) is -0.930. The molecular weight excluding hydrogens is 462 g/mol. The number of carboxylic acids is 1. The van der Waals surface area contributed by atoms with Gasteiger partial charge >= 0.3 is 12.1 Å². The van der Waals surface area contributed by atoms with E-state index in [0.29, 0.717) is 11.6 Å². The Labute approximate surface area is 197 Å². The molecule has 0 saturated carbocycles. The average Bonchev–Trinajstić information content (AvgIpc) is 3.55. The first-order valence-corrected chi connectivity index (χ1v) is 12.3.